The van der Waals surface area contributed by atoms with Crippen LogP contribution in [-0.2, 0) is 16.8 Å². The van der Waals surface area contributed by atoms with Gasteiger partial charge in [0.15, 0.2) is 0 Å². The Kier molecular flexibility index (Phi) is 7.68. The average Bonchev–Trinajstić information content (AvgIpc) is 3.39. The highest BCUT2D eigenvalue weighted by Gasteiger charge is 2.31. The third-order valence-corrected chi connectivity index (χ3v) is 7.51. The Morgan fingerprint density at radius 3 is 2.66 bits per heavy atom. The molecule has 0 spiro atoms. The van der Waals surface area contributed by atoms with Gasteiger partial charge < -0.3 is 25.2 Å². The van der Waals surface area contributed by atoms with E-state index in [2.05, 4.69) is 15.4 Å². The lowest BCUT2D eigenvalue weighted by molar-refractivity contribution is -0.697. The van der Waals surface area contributed by atoms with E-state index in [1.807, 2.05) is 4.90 Å². The number of hydrogen-bond donors (Lipinski definition) is 2. The van der Waals surface area contributed by atoms with E-state index >= 15 is 0 Å². The number of halogens is 2. The fraction of sp³-hybridized carbons (Fsp3) is 0.400. The van der Waals surface area contributed by atoms with Gasteiger partial charge in [0.05, 0.1) is 37.6 Å². The molecule has 2 aliphatic rings. The fourth-order valence-corrected chi connectivity index (χ4v) is 5.76. The van der Waals surface area contributed by atoms with Crippen LogP contribution in [0.3, 0.4) is 0 Å². The lowest BCUT2D eigenvalue weighted by atomic mass is 10.00. The number of piperazine rings is 1. The number of rotatable bonds is 7. The van der Waals surface area contributed by atoms with Crippen molar-refractivity contribution in [2.75, 3.05) is 30.3 Å². The van der Waals surface area contributed by atoms with Crippen LogP contribution in [0.2, 0.25) is 0 Å². The molecule has 1 saturated carbocycles. The molecule has 0 bridgehead atoms. The molecule has 13 heteroatoms. The minimum Gasteiger partial charge on any atom is -0.772 e. The zero-order valence-electron chi connectivity index (χ0n) is 20.5. The molecule has 0 amide bonds. The van der Waals surface area contributed by atoms with Crippen molar-refractivity contribution >= 4 is 22.6 Å². The van der Waals surface area contributed by atoms with Gasteiger partial charge in [-0.2, -0.15) is 9.78 Å². The summed E-state index contributed by atoms with van der Waals surface area (Å²) in [5.74, 6) is -1.66. The Morgan fingerprint density at radius 2 is 1.95 bits per heavy atom. The predicted molar refractivity (Wildman–Crippen MR) is 136 cm³/mol. The molecule has 3 heterocycles. The minimum atomic E-state index is -2.35. The number of anilines is 2. The second kappa shape index (κ2) is 11.1. The number of hydrogen-bond acceptors (Lipinski definition) is 8. The maximum atomic E-state index is 13.9. The lowest BCUT2D eigenvalue weighted by Crippen LogP contribution is -2.90. The molecular formula is C25H28F2N6O4S. The molecule has 4 N–H and O–H groups in total. The van der Waals surface area contributed by atoms with Crippen molar-refractivity contribution in [3.63, 3.8) is 0 Å². The normalized spacial score (nSPS) is 19.0. The van der Waals surface area contributed by atoms with E-state index in [1.165, 1.54) is 6.20 Å². The molecule has 38 heavy (non-hydrogen) atoms. The Morgan fingerprint density at radius 1 is 1.21 bits per heavy atom. The molecule has 2 atom stereocenters. The highest BCUT2D eigenvalue weighted by molar-refractivity contribution is 7.78. The van der Waals surface area contributed by atoms with Gasteiger partial charge in [0.25, 0.3) is 0 Å². The van der Waals surface area contributed by atoms with Gasteiger partial charge in [0.1, 0.15) is 29.2 Å². The molecule has 0 radical (unpaired) electrons. The molecule has 1 aliphatic heterocycles. The molecule has 1 saturated heterocycles. The van der Waals surface area contributed by atoms with Crippen molar-refractivity contribution in [3.8, 4) is 11.4 Å². The summed E-state index contributed by atoms with van der Waals surface area (Å²) < 4.78 is 57.9. The summed E-state index contributed by atoms with van der Waals surface area (Å²) in [6.45, 7) is 1.64. The van der Waals surface area contributed by atoms with E-state index < -0.39 is 28.3 Å². The summed E-state index contributed by atoms with van der Waals surface area (Å²) in [7, 11) is 0. The topological polar surface area (TPSA) is 143 Å². The average molecular weight is 547 g/mol. The largest absolute Gasteiger partial charge is 0.772 e. The summed E-state index contributed by atoms with van der Waals surface area (Å²) in [6, 6.07) is 4.38. The number of nitrogens with zero attached hydrogens (tertiary/aromatic N) is 4. The molecule has 5 rings (SSSR count). The first-order valence-corrected chi connectivity index (χ1v) is 13.7. The monoisotopic (exact) mass is 546 g/mol. The molecule has 202 valence electrons. The number of nitrogens with two attached hydrogens (primary N) is 2. The fourth-order valence-electron chi connectivity index (χ4n) is 5.21. The first kappa shape index (κ1) is 26.2. The molecule has 2 aromatic heterocycles. The Bertz CT molecular complexity index is 1390. The number of nitrogen functional groups attached to an aromatic ring is 1. The zero-order valence-corrected chi connectivity index (χ0v) is 21.3. The second-order valence-electron chi connectivity index (χ2n) is 9.52. The Balaban J connectivity index is 1.53. The number of quaternary nitrogens is 1. The zero-order chi connectivity index (χ0) is 26.8. The SMILES string of the molecule is Nc1nccc(C2CN(c3cnn(-c4cc(F)cc(F)c4)c(=O)c3OC3CCCC3)CC[NH2+]2)c1CS(=O)[O-]. The van der Waals surface area contributed by atoms with E-state index in [4.69, 9.17) is 10.5 Å². The van der Waals surface area contributed by atoms with Gasteiger partial charge >= 0.3 is 5.56 Å². The summed E-state index contributed by atoms with van der Waals surface area (Å²) in [5.41, 5.74) is 7.04. The van der Waals surface area contributed by atoms with Crippen LogP contribution in [0.1, 0.15) is 42.9 Å². The summed E-state index contributed by atoms with van der Waals surface area (Å²) >= 11 is -2.35. The van der Waals surface area contributed by atoms with E-state index in [-0.39, 0.29) is 35.2 Å². The number of benzene rings is 1. The van der Waals surface area contributed by atoms with E-state index in [0.717, 1.165) is 54.1 Å². The number of ether oxygens (including phenoxy) is 1. The maximum absolute atomic E-state index is 13.9. The standard InChI is InChI=1S/C25H28F2N6O4S/c26-15-9-16(27)11-17(10-15)33-25(34)23(37-18-3-1-2-4-18)22(12-31-33)32-8-7-29-21(13-32)19-5-6-30-24(28)20(19)14-38(35)36/h5-6,9-12,18,21,29H,1-4,7-8,13-14H2,(H2,28,30)(H,35,36). The summed E-state index contributed by atoms with van der Waals surface area (Å²) in [4.78, 5) is 19.6. The van der Waals surface area contributed by atoms with Crippen LogP contribution in [0.25, 0.3) is 5.69 Å². The molecule has 10 nitrogen and oxygen atoms in total. The maximum Gasteiger partial charge on any atom is 0.316 e. The molecule has 2 unspecified atom stereocenters. The van der Waals surface area contributed by atoms with Gasteiger partial charge in [-0.1, -0.05) is 11.1 Å². The van der Waals surface area contributed by atoms with Crippen molar-refractivity contribution in [2.45, 2.75) is 43.6 Å². The van der Waals surface area contributed by atoms with Crippen molar-refractivity contribution in [3.05, 3.63) is 69.8 Å². The lowest BCUT2D eigenvalue weighted by Gasteiger charge is -2.34. The van der Waals surface area contributed by atoms with Crippen molar-refractivity contribution < 1.29 is 27.6 Å². The van der Waals surface area contributed by atoms with E-state index in [0.29, 0.717) is 30.9 Å². The van der Waals surface area contributed by atoms with Crippen LogP contribution in [0.4, 0.5) is 20.3 Å². The van der Waals surface area contributed by atoms with Gasteiger partial charge in [-0.25, -0.2) is 13.8 Å². The van der Waals surface area contributed by atoms with Crippen LogP contribution in [0, 0.1) is 11.6 Å². The summed E-state index contributed by atoms with van der Waals surface area (Å²) in [5, 5.41) is 6.32. The van der Waals surface area contributed by atoms with Crippen molar-refractivity contribution in [1.29, 1.82) is 0 Å². The van der Waals surface area contributed by atoms with Crippen LogP contribution < -0.4 is 26.2 Å². The highest BCUT2D eigenvalue weighted by Crippen LogP contribution is 2.32. The Labute approximate surface area is 220 Å². The van der Waals surface area contributed by atoms with Crippen LogP contribution in [0.15, 0.2) is 41.5 Å². The molecule has 1 aromatic carbocycles. The molecule has 1 aliphatic carbocycles. The van der Waals surface area contributed by atoms with Crippen molar-refractivity contribution in [1.82, 2.24) is 14.8 Å². The smallest absolute Gasteiger partial charge is 0.316 e. The van der Waals surface area contributed by atoms with Gasteiger partial charge in [-0.3, -0.25) is 9.00 Å². The third-order valence-electron chi connectivity index (χ3n) is 6.99. The quantitative estimate of drug-likeness (QED) is 0.423. The van der Waals surface area contributed by atoms with Gasteiger partial charge in [-0.15, -0.1) is 0 Å². The molecular weight excluding hydrogens is 518 g/mol. The minimum absolute atomic E-state index is 0.0392. The first-order chi connectivity index (χ1) is 18.3. The molecule has 3 aromatic rings. The van der Waals surface area contributed by atoms with Crippen LogP contribution >= 0.6 is 0 Å². The van der Waals surface area contributed by atoms with Crippen LogP contribution in [0.5, 0.6) is 5.75 Å². The second-order valence-corrected chi connectivity index (χ2v) is 10.4. The van der Waals surface area contributed by atoms with E-state index in [1.54, 1.807) is 12.3 Å². The van der Waals surface area contributed by atoms with Gasteiger partial charge in [-0.05, 0) is 43.9 Å². The third kappa shape index (κ3) is 5.54. The first-order valence-electron chi connectivity index (χ1n) is 12.4. The van der Waals surface area contributed by atoms with Gasteiger partial charge in [0, 0.05) is 29.1 Å². The van der Waals surface area contributed by atoms with Crippen molar-refractivity contribution in [2.24, 2.45) is 0 Å². The van der Waals surface area contributed by atoms with Gasteiger partial charge in [0.2, 0.25) is 5.75 Å². The highest BCUT2D eigenvalue weighted by atomic mass is 32.2. The predicted octanol–water partition coefficient (Wildman–Crippen LogP) is 1.31. The summed E-state index contributed by atoms with van der Waals surface area (Å²) in [6.07, 6.45) is 6.46. The number of aromatic nitrogens is 3. The van der Waals surface area contributed by atoms with Crippen LogP contribution in [-0.4, -0.2) is 49.3 Å². The van der Waals surface area contributed by atoms with E-state index in [9.17, 15) is 22.3 Å². The number of pyridine rings is 1. The Hall–Kier alpha value is -3.42. The molecule has 2 fully saturated rings.